The Balaban J connectivity index is 2.77. The van der Waals surface area contributed by atoms with Gasteiger partial charge in [0.1, 0.15) is 5.76 Å². The molecule has 1 heterocycles. The van der Waals surface area contributed by atoms with Crippen LogP contribution in [0, 0.1) is 0 Å². The van der Waals surface area contributed by atoms with Crippen LogP contribution in [-0.2, 0) is 11.8 Å². The third-order valence-electron chi connectivity index (χ3n) is 1.97. The Labute approximate surface area is 79.5 Å². The van der Waals surface area contributed by atoms with Gasteiger partial charge in [-0.3, -0.25) is 0 Å². The van der Waals surface area contributed by atoms with Crippen molar-refractivity contribution in [1.82, 2.24) is 10.5 Å². The second-order valence-electron chi connectivity index (χ2n) is 4.28. The highest BCUT2D eigenvalue weighted by molar-refractivity contribution is 5.20. The van der Waals surface area contributed by atoms with Gasteiger partial charge < -0.3 is 9.84 Å². The molecule has 0 fully saturated rings. The summed E-state index contributed by atoms with van der Waals surface area (Å²) in [5, 5.41) is 6.95. The highest BCUT2D eigenvalue weighted by atomic mass is 16.5. The van der Waals surface area contributed by atoms with Gasteiger partial charge >= 0.3 is 0 Å². The van der Waals surface area contributed by atoms with Crippen LogP contribution in [0.4, 0.5) is 0 Å². The number of likely N-dealkylation sites (N-methyl/N-ethyl adjacent to an activating group) is 1. The molecule has 0 amide bonds. The number of nitrogens with one attached hydrogen (secondary N) is 1. The molecule has 0 aliphatic carbocycles. The van der Waals surface area contributed by atoms with Crippen LogP contribution in [0.2, 0.25) is 0 Å². The number of aromatic nitrogens is 1. The van der Waals surface area contributed by atoms with E-state index < -0.39 is 0 Å². The third kappa shape index (κ3) is 2.56. The molecule has 3 heteroatoms. The molecule has 0 saturated heterocycles. The topological polar surface area (TPSA) is 38.1 Å². The fourth-order valence-corrected chi connectivity index (χ4v) is 1.32. The molecule has 13 heavy (non-hydrogen) atoms. The van der Waals surface area contributed by atoms with Crippen molar-refractivity contribution in [2.75, 3.05) is 13.6 Å². The normalized spacial score (nSPS) is 12.0. The van der Waals surface area contributed by atoms with Crippen LogP contribution in [0.1, 0.15) is 32.1 Å². The van der Waals surface area contributed by atoms with Crippen molar-refractivity contribution >= 4 is 0 Å². The van der Waals surface area contributed by atoms with E-state index in [-0.39, 0.29) is 5.41 Å². The van der Waals surface area contributed by atoms with E-state index in [4.69, 9.17) is 4.52 Å². The zero-order valence-electron chi connectivity index (χ0n) is 8.85. The van der Waals surface area contributed by atoms with E-state index in [9.17, 15) is 0 Å². The fraction of sp³-hybridized carbons (Fsp3) is 0.700. The molecule has 1 aromatic rings. The van der Waals surface area contributed by atoms with Crippen LogP contribution in [0.3, 0.4) is 0 Å². The number of rotatable bonds is 3. The van der Waals surface area contributed by atoms with Crippen molar-refractivity contribution in [3.05, 3.63) is 17.5 Å². The molecule has 0 aliphatic rings. The summed E-state index contributed by atoms with van der Waals surface area (Å²) in [6.45, 7) is 7.37. The fourth-order valence-electron chi connectivity index (χ4n) is 1.32. The van der Waals surface area contributed by atoms with Gasteiger partial charge in [0.15, 0.2) is 0 Å². The Morgan fingerprint density at radius 2 is 2.15 bits per heavy atom. The van der Waals surface area contributed by atoms with Crippen LogP contribution in [0.15, 0.2) is 10.7 Å². The van der Waals surface area contributed by atoms with Gasteiger partial charge in [-0.25, -0.2) is 0 Å². The molecule has 3 nitrogen and oxygen atoms in total. The predicted molar refractivity (Wildman–Crippen MR) is 52.8 cm³/mol. The summed E-state index contributed by atoms with van der Waals surface area (Å²) in [4.78, 5) is 0. The Morgan fingerprint density at radius 3 is 2.69 bits per heavy atom. The molecule has 0 aliphatic heterocycles. The lowest BCUT2D eigenvalue weighted by atomic mass is 9.90. The largest absolute Gasteiger partial charge is 0.361 e. The molecule has 0 aromatic carbocycles. The highest BCUT2D eigenvalue weighted by Gasteiger charge is 2.22. The van der Waals surface area contributed by atoms with E-state index in [1.807, 2.05) is 13.2 Å². The molecule has 1 rings (SSSR count). The SMILES string of the molecule is CNCCc1cnoc1C(C)(C)C. The molecule has 74 valence electrons. The second-order valence-corrected chi connectivity index (χ2v) is 4.28. The van der Waals surface area contributed by atoms with Crippen molar-refractivity contribution in [2.45, 2.75) is 32.6 Å². The first-order chi connectivity index (χ1) is 6.05. The smallest absolute Gasteiger partial charge is 0.145 e. The maximum absolute atomic E-state index is 5.25. The van der Waals surface area contributed by atoms with Crippen molar-refractivity contribution in [2.24, 2.45) is 0 Å². The van der Waals surface area contributed by atoms with Gasteiger partial charge in [0.25, 0.3) is 0 Å². The van der Waals surface area contributed by atoms with Gasteiger partial charge in [0.2, 0.25) is 0 Å². The molecule has 0 bridgehead atoms. The summed E-state index contributed by atoms with van der Waals surface area (Å²) < 4.78 is 5.25. The van der Waals surface area contributed by atoms with Gasteiger partial charge in [-0.05, 0) is 20.0 Å². The lowest BCUT2D eigenvalue weighted by Gasteiger charge is -2.15. The first-order valence-corrected chi connectivity index (χ1v) is 4.64. The number of hydrogen-bond donors (Lipinski definition) is 1. The molecular formula is C10H18N2O. The van der Waals surface area contributed by atoms with E-state index in [1.165, 1.54) is 5.56 Å². The van der Waals surface area contributed by atoms with Gasteiger partial charge in [-0.2, -0.15) is 0 Å². The van der Waals surface area contributed by atoms with Crippen LogP contribution >= 0.6 is 0 Å². The van der Waals surface area contributed by atoms with Crippen LogP contribution in [-0.4, -0.2) is 18.7 Å². The summed E-state index contributed by atoms with van der Waals surface area (Å²) in [6.07, 6.45) is 2.80. The van der Waals surface area contributed by atoms with Crippen LogP contribution in [0.25, 0.3) is 0 Å². The summed E-state index contributed by atoms with van der Waals surface area (Å²) in [5.74, 6) is 1.00. The Hall–Kier alpha value is -0.830. The van der Waals surface area contributed by atoms with Crippen LogP contribution < -0.4 is 5.32 Å². The second kappa shape index (κ2) is 3.92. The van der Waals surface area contributed by atoms with E-state index in [0.29, 0.717) is 0 Å². The molecule has 0 atom stereocenters. The summed E-state index contributed by atoms with van der Waals surface area (Å²) >= 11 is 0. The van der Waals surface area contributed by atoms with E-state index in [2.05, 4.69) is 31.2 Å². The minimum Gasteiger partial charge on any atom is -0.361 e. The molecule has 1 aromatic heterocycles. The quantitative estimate of drug-likeness (QED) is 0.773. The molecule has 0 radical (unpaired) electrons. The number of hydrogen-bond acceptors (Lipinski definition) is 3. The maximum Gasteiger partial charge on any atom is 0.145 e. The van der Waals surface area contributed by atoms with Crippen molar-refractivity contribution in [3.8, 4) is 0 Å². The monoisotopic (exact) mass is 182 g/mol. The van der Waals surface area contributed by atoms with Gasteiger partial charge in [0, 0.05) is 11.0 Å². The van der Waals surface area contributed by atoms with E-state index >= 15 is 0 Å². The Morgan fingerprint density at radius 1 is 1.46 bits per heavy atom. The van der Waals surface area contributed by atoms with Crippen molar-refractivity contribution < 1.29 is 4.52 Å². The first-order valence-electron chi connectivity index (χ1n) is 4.64. The summed E-state index contributed by atoms with van der Waals surface area (Å²) in [7, 11) is 1.95. The minimum atomic E-state index is 0.0551. The molecule has 0 saturated carbocycles. The standard InChI is InChI=1S/C10H18N2O/c1-10(2,3)9-8(5-6-11-4)7-12-13-9/h7,11H,5-6H2,1-4H3. The summed E-state index contributed by atoms with van der Waals surface area (Å²) in [5.41, 5.74) is 1.27. The van der Waals surface area contributed by atoms with Gasteiger partial charge in [0.05, 0.1) is 6.20 Å². The van der Waals surface area contributed by atoms with Crippen LogP contribution in [0.5, 0.6) is 0 Å². The first kappa shape index (κ1) is 10.3. The zero-order valence-corrected chi connectivity index (χ0v) is 8.85. The van der Waals surface area contributed by atoms with E-state index in [0.717, 1.165) is 18.7 Å². The average molecular weight is 182 g/mol. The highest BCUT2D eigenvalue weighted by Crippen LogP contribution is 2.25. The minimum absolute atomic E-state index is 0.0551. The number of nitrogens with zero attached hydrogens (tertiary/aromatic N) is 1. The van der Waals surface area contributed by atoms with Crippen molar-refractivity contribution in [1.29, 1.82) is 0 Å². The molecule has 0 spiro atoms. The lowest BCUT2D eigenvalue weighted by Crippen LogP contribution is -2.16. The Kier molecular flexibility index (Phi) is 3.09. The zero-order chi connectivity index (χ0) is 9.90. The Bertz CT molecular complexity index is 260. The van der Waals surface area contributed by atoms with Gasteiger partial charge in [-0.15, -0.1) is 0 Å². The maximum atomic E-state index is 5.25. The molecular weight excluding hydrogens is 164 g/mol. The molecule has 0 unspecified atom stereocenters. The molecule has 1 N–H and O–H groups in total. The average Bonchev–Trinajstić information content (AvgIpc) is 2.47. The summed E-state index contributed by atoms with van der Waals surface area (Å²) in [6, 6.07) is 0. The van der Waals surface area contributed by atoms with E-state index in [1.54, 1.807) is 0 Å². The van der Waals surface area contributed by atoms with Gasteiger partial charge in [-0.1, -0.05) is 25.9 Å². The predicted octanol–water partition coefficient (Wildman–Crippen LogP) is 1.73. The third-order valence-corrected chi connectivity index (χ3v) is 1.97. The lowest BCUT2D eigenvalue weighted by molar-refractivity contribution is 0.327. The van der Waals surface area contributed by atoms with Crippen molar-refractivity contribution in [3.63, 3.8) is 0 Å².